The van der Waals surface area contributed by atoms with Crippen LogP contribution in [0.4, 0.5) is 0 Å². The van der Waals surface area contributed by atoms with Crippen molar-refractivity contribution < 1.29 is 37.6 Å². The summed E-state index contributed by atoms with van der Waals surface area (Å²) in [7, 11) is 0. The van der Waals surface area contributed by atoms with Gasteiger partial charge in [0.25, 0.3) is 0 Å². The van der Waals surface area contributed by atoms with Crippen LogP contribution in [0.15, 0.2) is 0 Å². The van der Waals surface area contributed by atoms with Crippen LogP contribution in [-0.4, -0.2) is 95.5 Å². The molecule has 0 saturated carbocycles. The molecule has 2 unspecified atom stereocenters. The molecule has 0 aliphatic heterocycles. The molecule has 86 valence electrons. The third-order valence-corrected chi connectivity index (χ3v) is 1.29. The first kappa shape index (κ1) is 17.5. The Morgan fingerprint density at radius 2 is 1.87 bits per heavy atom. The summed E-state index contributed by atoms with van der Waals surface area (Å²) in [6.45, 7) is -0.990. The zero-order chi connectivity index (χ0) is 11.1. The van der Waals surface area contributed by atoms with Crippen molar-refractivity contribution in [2.75, 3.05) is 13.2 Å². The molecule has 0 aromatic rings. The smallest absolute Gasteiger partial charge is 1.00 e. The molecule has 0 rings (SSSR count). The first-order valence-corrected chi connectivity index (χ1v) is 3.82. The second kappa shape index (κ2) is 9.32. The normalized spacial score (nSPS) is 13.5. The molecule has 0 aromatic heterocycles. The fourth-order valence-electron chi connectivity index (χ4n) is 0.546. The van der Waals surface area contributed by atoms with Gasteiger partial charge in [-0.05, 0) is 0 Å². The van der Waals surface area contributed by atoms with Gasteiger partial charge in [-0.2, -0.15) is 0 Å². The maximum atomic E-state index is 10.7. The van der Waals surface area contributed by atoms with Crippen LogP contribution in [0.25, 0.3) is 0 Å². The molecular weight excluding hydrogens is 236 g/mol. The molecule has 15 heavy (non-hydrogen) atoms. The quantitative estimate of drug-likeness (QED) is 0.305. The van der Waals surface area contributed by atoms with E-state index >= 15 is 0 Å². The van der Waals surface area contributed by atoms with Crippen molar-refractivity contribution in [3.63, 3.8) is 0 Å². The molecule has 2 atom stereocenters. The molecule has 0 saturated heterocycles. The summed E-state index contributed by atoms with van der Waals surface area (Å²) in [4.78, 5) is 20.8. The predicted octanol–water partition coefficient (Wildman–Crippen LogP) is -2.44. The van der Waals surface area contributed by atoms with Crippen LogP contribution in [-0.2, 0) is 14.3 Å². The number of hydrogen-bond acceptors (Lipinski definition) is 6. The summed E-state index contributed by atoms with van der Waals surface area (Å²) >= 11 is 0. The second-order valence-corrected chi connectivity index (χ2v) is 2.58. The van der Waals surface area contributed by atoms with Crippen LogP contribution in [0.1, 0.15) is 9.27 Å². The number of aliphatic hydroxyl groups is 3. The van der Waals surface area contributed by atoms with Gasteiger partial charge in [-0.15, -0.1) is 0 Å². The van der Waals surface area contributed by atoms with Gasteiger partial charge in [0.1, 0.15) is 12.7 Å². The topological polar surface area (TPSA) is 124 Å². The van der Waals surface area contributed by atoms with E-state index in [9.17, 15) is 9.59 Å². The Hall–Kier alpha value is 0.0797. The van der Waals surface area contributed by atoms with E-state index in [1.807, 2.05) is 0 Å². The average Bonchev–Trinajstić information content (AvgIpc) is 2.13. The number of esters is 1. The van der Waals surface area contributed by atoms with Crippen LogP contribution in [0.5, 0.6) is 0 Å². The number of hydrogen-bond donors (Lipinski definition) is 4. The van der Waals surface area contributed by atoms with E-state index in [1.165, 1.54) is 0 Å². The fourth-order valence-corrected chi connectivity index (χ4v) is 0.546. The summed E-state index contributed by atoms with van der Waals surface area (Å²) in [5, 5.41) is 34.0. The maximum Gasteiger partial charge on any atom is 2.00 e. The van der Waals surface area contributed by atoms with E-state index in [0.29, 0.717) is 0 Å². The molecule has 7 nitrogen and oxygen atoms in total. The van der Waals surface area contributed by atoms with Crippen molar-refractivity contribution in [3.05, 3.63) is 0 Å². The van der Waals surface area contributed by atoms with Gasteiger partial charge >= 0.3 is 49.7 Å². The van der Waals surface area contributed by atoms with E-state index in [0.717, 1.165) is 0 Å². The average molecular weight is 250 g/mol. The second-order valence-electron chi connectivity index (χ2n) is 2.58. The summed E-state index contributed by atoms with van der Waals surface area (Å²) in [6, 6.07) is 0. The van der Waals surface area contributed by atoms with Crippen LogP contribution < -0.4 is 0 Å². The van der Waals surface area contributed by atoms with Gasteiger partial charge in [0, 0.05) is 0 Å². The molecule has 0 aliphatic carbocycles. The van der Waals surface area contributed by atoms with Crippen LogP contribution in [0, 0.1) is 0 Å². The Kier molecular flexibility index (Phi) is 10.9. The third-order valence-electron chi connectivity index (χ3n) is 1.29. The number of aliphatic hydroxyl groups excluding tert-OH is 3. The van der Waals surface area contributed by atoms with Crippen LogP contribution in [0.3, 0.4) is 0 Å². The minimum Gasteiger partial charge on any atom is -1.00 e. The summed E-state index contributed by atoms with van der Waals surface area (Å²) < 4.78 is 4.34. The van der Waals surface area contributed by atoms with Crippen molar-refractivity contribution in [1.82, 2.24) is 0 Å². The van der Waals surface area contributed by atoms with Gasteiger partial charge < -0.3 is 28.0 Å². The zero-order valence-corrected chi connectivity index (χ0v) is 10.2. The largest absolute Gasteiger partial charge is 2.00 e. The first-order valence-electron chi connectivity index (χ1n) is 3.82. The Balaban J connectivity index is -0.000000282. The molecule has 0 aromatic carbocycles. The number of carbonyl (C=O) groups excluding carboxylic acids is 1. The SMILES string of the molecule is O=C(CC(O)C(=O)O)OCC(O)CO.[Ca+2].[H-].[H-]. The number of rotatable bonds is 6. The molecule has 0 radical (unpaired) electrons. The first-order chi connectivity index (χ1) is 6.47. The minimum absolute atomic E-state index is 0. The molecular formula is C7H14CaO7. The molecule has 0 bridgehead atoms. The molecule has 0 amide bonds. The number of carbonyl (C=O) groups is 2. The van der Waals surface area contributed by atoms with Crippen molar-refractivity contribution >= 4 is 49.7 Å². The third kappa shape index (κ3) is 9.03. The monoisotopic (exact) mass is 250 g/mol. The van der Waals surface area contributed by atoms with Crippen molar-refractivity contribution in [3.8, 4) is 0 Å². The standard InChI is InChI=1S/C7H12O7.Ca.2H/c8-2-4(9)3-14-6(11)1-5(10)7(12)13;;;/h4-5,8-10H,1-3H2,(H,12,13);;;/q;+2;2*-1. The minimum atomic E-state index is -1.81. The molecule has 8 heteroatoms. The predicted molar refractivity (Wildman–Crippen MR) is 50.3 cm³/mol. The van der Waals surface area contributed by atoms with Crippen molar-refractivity contribution in [2.24, 2.45) is 0 Å². The van der Waals surface area contributed by atoms with Gasteiger partial charge in [-0.25, -0.2) is 4.79 Å². The fraction of sp³-hybridized carbons (Fsp3) is 0.714. The van der Waals surface area contributed by atoms with Gasteiger partial charge in [0.2, 0.25) is 0 Å². The molecule has 0 aliphatic rings. The summed E-state index contributed by atoms with van der Waals surface area (Å²) in [5.74, 6) is -2.47. The molecule has 0 fully saturated rings. The maximum absolute atomic E-state index is 10.7. The zero-order valence-electron chi connectivity index (χ0n) is 10.00. The number of carboxylic acids is 1. The summed E-state index contributed by atoms with van der Waals surface area (Å²) in [5.41, 5.74) is 0. The molecule has 0 spiro atoms. The Labute approximate surface area is 119 Å². The van der Waals surface area contributed by atoms with Crippen LogP contribution >= 0.6 is 0 Å². The van der Waals surface area contributed by atoms with E-state index in [-0.39, 0.29) is 40.6 Å². The van der Waals surface area contributed by atoms with Crippen molar-refractivity contribution in [1.29, 1.82) is 0 Å². The van der Waals surface area contributed by atoms with E-state index in [1.54, 1.807) is 0 Å². The van der Waals surface area contributed by atoms with Crippen molar-refractivity contribution in [2.45, 2.75) is 18.6 Å². The van der Waals surface area contributed by atoms with E-state index in [4.69, 9.17) is 20.4 Å². The Morgan fingerprint density at radius 1 is 1.33 bits per heavy atom. The Morgan fingerprint density at radius 3 is 2.27 bits per heavy atom. The van der Waals surface area contributed by atoms with Gasteiger partial charge in [0.05, 0.1) is 13.0 Å². The number of carboxylic acid groups (broad SMARTS) is 1. The molecule has 4 N–H and O–H groups in total. The number of aliphatic carboxylic acids is 1. The molecule has 0 heterocycles. The van der Waals surface area contributed by atoms with Gasteiger partial charge in [-0.1, -0.05) is 0 Å². The Bertz CT molecular complexity index is 216. The summed E-state index contributed by atoms with van der Waals surface area (Å²) in [6.07, 6.45) is -3.69. The van der Waals surface area contributed by atoms with E-state index in [2.05, 4.69) is 4.74 Å². The van der Waals surface area contributed by atoms with Gasteiger partial charge in [0.15, 0.2) is 6.10 Å². The number of ether oxygens (including phenoxy) is 1. The van der Waals surface area contributed by atoms with Crippen LogP contribution in [0.2, 0.25) is 0 Å². The van der Waals surface area contributed by atoms with E-state index < -0.39 is 43.8 Å². The van der Waals surface area contributed by atoms with Gasteiger partial charge in [-0.3, -0.25) is 4.79 Å².